The Kier molecular flexibility index (Phi) is 24.9. The van der Waals surface area contributed by atoms with Gasteiger partial charge in [0.05, 0.1) is 0 Å². The van der Waals surface area contributed by atoms with Crippen LogP contribution in [0.4, 0.5) is 0 Å². The van der Waals surface area contributed by atoms with Crippen LogP contribution in [0, 0.1) is 0 Å². The summed E-state index contributed by atoms with van der Waals surface area (Å²) in [5.74, 6) is 0.0286. The highest BCUT2D eigenvalue weighted by Gasteiger charge is 2.13. The van der Waals surface area contributed by atoms with Gasteiger partial charge in [0.2, 0.25) is 0 Å². The third-order valence-corrected chi connectivity index (χ3v) is 3.34. The van der Waals surface area contributed by atoms with E-state index in [4.69, 9.17) is 21.7 Å². The summed E-state index contributed by atoms with van der Waals surface area (Å²) in [7, 11) is 0. The molecule has 0 saturated heterocycles. The molecule has 0 aromatic rings. The summed E-state index contributed by atoms with van der Waals surface area (Å²) in [6.07, 6.45) is 4.93. The van der Waals surface area contributed by atoms with Gasteiger partial charge in [-0.25, -0.2) is 4.79 Å². The summed E-state index contributed by atoms with van der Waals surface area (Å²) in [5, 5.41) is 15.8. The normalized spacial score (nSPS) is 11.7. The Labute approximate surface area is 145 Å². The van der Waals surface area contributed by atoms with Gasteiger partial charge in [0, 0.05) is 6.61 Å². The molecule has 0 spiro atoms. The van der Waals surface area contributed by atoms with Gasteiger partial charge >= 0.3 is 18.4 Å². The Morgan fingerprint density at radius 1 is 1.13 bits per heavy atom. The number of hydrogen-bond donors (Lipinski definition) is 4. The molecule has 2 atom stereocenters. The van der Waals surface area contributed by atoms with Crippen LogP contribution in [0.3, 0.4) is 0 Å². The highest BCUT2D eigenvalue weighted by Crippen LogP contribution is 1.99. The van der Waals surface area contributed by atoms with E-state index in [0.29, 0.717) is 12.8 Å². The van der Waals surface area contributed by atoms with Gasteiger partial charge < -0.3 is 26.4 Å². The van der Waals surface area contributed by atoms with E-state index in [0.717, 1.165) is 11.5 Å². The molecular weight excluding hydrogens is 344 g/mol. The van der Waals surface area contributed by atoms with Crippen LogP contribution in [0.15, 0.2) is 0 Å². The van der Waals surface area contributed by atoms with Crippen molar-refractivity contribution in [2.75, 3.05) is 30.6 Å². The zero-order valence-corrected chi connectivity index (χ0v) is 15.4. The Bertz CT molecular complexity index is 308. The molecule has 0 bridgehead atoms. The summed E-state index contributed by atoms with van der Waals surface area (Å²) in [4.78, 5) is 30.4. The van der Waals surface area contributed by atoms with Crippen LogP contribution in [-0.2, 0) is 19.1 Å². The second kappa shape index (κ2) is 21.2. The number of aliphatic hydroxyl groups excluding tert-OH is 1. The van der Waals surface area contributed by atoms with E-state index >= 15 is 0 Å². The topological polar surface area (TPSA) is 153 Å². The minimum Gasteiger partial charge on any atom is -0.480 e. The van der Waals surface area contributed by atoms with E-state index in [1.807, 2.05) is 12.5 Å². The van der Waals surface area contributed by atoms with Crippen molar-refractivity contribution in [1.82, 2.24) is 0 Å². The summed E-state index contributed by atoms with van der Waals surface area (Å²) < 4.78 is 4.05. The second-order valence-corrected chi connectivity index (χ2v) is 5.93. The molecule has 0 aliphatic rings. The molecule has 0 aromatic carbocycles. The number of hydrogen-bond acceptors (Lipinski definition) is 9. The van der Waals surface area contributed by atoms with Crippen LogP contribution >= 0.6 is 23.5 Å². The maximum Gasteiger partial charge on any atom is 0.330 e. The smallest absolute Gasteiger partial charge is 0.330 e. The van der Waals surface area contributed by atoms with Crippen LogP contribution in [0.5, 0.6) is 0 Å². The van der Waals surface area contributed by atoms with Crippen LogP contribution in [-0.4, -0.2) is 71.3 Å². The minimum atomic E-state index is -0.913. The molecule has 0 fully saturated rings. The quantitative estimate of drug-likeness (QED) is 0.245. The lowest BCUT2D eigenvalue weighted by atomic mass is 10.2. The van der Waals surface area contributed by atoms with Crippen molar-refractivity contribution >= 4 is 41.9 Å². The number of esters is 1. The Morgan fingerprint density at radius 2 is 1.52 bits per heavy atom. The van der Waals surface area contributed by atoms with Crippen molar-refractivity contribution < 1.29 is 29.3 Å². The van der Waals surface area contributed by atoms with Crippen LogP contribution in [0.2, 0.25) is 0 Å². The minimum absolute atomic E-state index is 0.0985. The van der Waals surface area contributed by atoms with E-state index < -0.39 is 24.0 Å². The molecule has 6 N–H and O–H groups in total. The number of rotatable bonds is 9. The van der Waals surface area contributed by atoms with Gasteiger partial charge in [-0.2, -0.15) is 23.5 Å². The second-order valence-electron chi connectivity index (χ2n) is 3.96. The molecule has 0 unspecified atom stereocenters. The van der Waals surface area contributed by atoms with Crippen molar-refractivity contribution in [3.05, 3.63) is 0 Å². The van der Waals surface area contributed by atoms with Gasteiger partial charge in [-0.05, 0) is 43.8 Å². The van der Waals surface area contributed by atoms with Crippen molar-refractivity contribution in [3.8, 4) is 0 Å². The predicted octanol–water partition coefficient (Wildman–Crippen LogP) is -0.0836. The molecule has 0 rings (SSSR count). The lowest BCUT2D eigenvalue weighted by Crippen LogP contribution is -2.32. The van der Waals surface area contributed by atoms with Crippen molar-refractivity contribution in [2.24, 2.45) is 11.5 Å². The first-order valence-electron chi connectivity index (χ1n) is 6.79. The molecule has 8 nitrogen and oxygen atoms in total. The number of carboxylic acid groups (broad SMARTS) is 1. The zero-order chi connectivity index (χ0) is 18.7. The molecule has 138 valence electrons. The molecule has 0 aliphatic carbocycles. The van der Waals surface area contributed by atoms with E-state index in [9.17, 15) is 14.4 Å². The van der Waals surface area contributed by atoms with Gasteiger partial charge in [-0.15, -0.1) is 0 Å². The summed E-state index contributed by atoms with van der Waals surface area (Å²) in [6.45, 7) is 2.03. The lowest BCUT2D eigenvalue weighted by Gasteiger charge is -2.05. The molecule has 0 saturated carbocycles. The lowest BCUT2D eigenvalue weighted by molar-refractivity contribution is -0.152. The highest BCUT2D eigenvalue weighted by atomic mass is 32.2. The number of thioether (sulfide) groups is 2. The van der Waals surface area contributed by atoms with Gasteiger partial charge in [-0.1, -0.05) is 0 Å². The third-order valence-electron chi connectivity index (χ3n) is 2.05. The molecule has 0 heterocycles. The standard InChI is InChI=1S/C6H11NO3S.C5H11NO2S.C2H6O/c1-11-3-2-5(7)6(9)10-4-8;1-9-3-2-4(6)5(7)8;1-2-3/h4-5H,2-3,7H2,1H3;4H,2-3,6H2,1H3,(H,7,8);3H,2H2,1H3/t5-;4-;/m00./s1. The maximum absolute atomic E-state index is 10.7. The molecular formula is C13H28N2O6S2. The van der Waals surface area contributed by atoms with Crippen molar-refractivity contribution in [1.29, 1.82) is 0 Å². The fraction of sp³-hybridized carbons (Fsp3) is 0.769. The van der Waals surface area contributed by atoms with E-state index in [2.05, 4.69) is 4.74 Å². The molecule has 0 radical (unpaired) electrons. The number of carboxylic acids is 1. The first-order valence-corrected chi connectivity index (χ1v) is 9.57. The molecule has 10 heteroatoms. The number of carbonyl (C=O) groups excluding carboxylic acids is 2. The molecule has 23 heavy (non-hydrogen) atoms. The SMILES string of the molecule is CCO.CSCC[C@H](N)C(=O)O.CSCC[C@H](N)C(=O)OC=O. The summed E-state index contributed by atoms with van der Waals surface area (Å²) in [6, 6.07) is -1.36. The summed E-state index contributed by atoms with van der Waals surface area (Å²) >= 11 is 3.19. The van der Waals surface area contributed by atoms with E-state index in [1.54, 1.807) is 30.4 Å². The van der Waals surface area contributed by atoms with Crippen molar-refractivity contribution in [3.63, 3.8) is 0 Å². The summed E-state index contributed by atoms with van der Waals surface area (Å²) in [5.41, 5.74) is 10.5. The maximum atomic E-state index is 10.7. The van der Waals surface area contributed by atoms with Crippen LogP contribution in [0.1, 0.15) is 19.8 Å². The van der Waals surface area contributed by atoms with Crippen LogP contribution in [0.25, 0.3) is 0 Å². The fourth-order valence-electron chi connectivity index (χ4n) is 0.866. The van der Waals surface area contributed by atoms with Gasteiger partial charge in [0.25, 0.3) is 0 Å². The average Bonchev–Trinajstić information content (AvgIpc) is 2.51. The average molecular weight is 373 g/mol. The third kappa shape index (κ3) is 23.6. The zero-order valence-electron chi connectivity index (χ0n) is 13.8. The van der Waals surface area contributed by atoms with Gasteiger partial charge in [-0.3, -0.25) is 9.59 Å². The Balaban J connectivity index is -0.000000301. The van der Waals surface area contributed by atoms with E-state index in [-0.39, 0.29) is 13.1 Å². The molecule has 0 aromatic heterocycles. The number of aliphatic carboxylic acids is 1. The monoisotopic (exact) mass is 372 g/mol. The first kappa shape index (κ1) is 27.1. The fourth-order valence-corrected chi connectivity index (χ4v) is 1.85. The number of aliphatic hydroxyl groups is 1. The Hall–Kier alpha value is -0.810. The number of ether oxygens (including phenoxy) is 1. The van der Waals surface area contributed by atoms with E-state index in [1.165, 1.54) is 0 Å². The largest absolute Gasteiger partial charge is 0.480 e. The molecule has 0 aliphatic heterocycles. The highest BCUT2D eigenvalue weighted by molar-refractivity contribution is 7.98. The number of carbonyl (C=O) groups is 3. The van der Waals surface area contributed by atoms with Gasteiger partial charge in [0.1, 0.15) is 12.1 Å². The predicted molar refractivity (Wildman–Crippen MR) is 94.5 cm³/mol. The van der Waals surface area contributed by atoms with Crippen LogP contribution < -0.4 is 11.5 Å². The Morgan fingerprint density at radius 3 is 1.83 bits per heavy atom. The molecule has 0 amide bonds. The first-order chi connectivity index (χ1) is 10.8. The van der Waals surface area contributed by atoms with Gasteiger partial charge in [0.15, 0.2) is 0 Å². The number of nitrogens with two attached hydrogens (primary N) is 2. The van der Waals surface area contributed by atoms with Crippen molar-refractivity contribution in [2.45, 2.75) is 31.8 Å².